The third kappa shape index (κ3) is 3.02. The van der Waals surface area contributed by atoms with Crippen molar-refractivity contribution in [2.45, 2.75) is 26.2 Å². The van der Waals surface area contributed by atoms with E-state index < -0.39 is 0 Å². The van der Waals surface area contributed by atoms with E-state index in [0.29, 0.717) is 17.1 Å². The van der Waals surface area contributed by atoms with Gasteiger partial charge in [-0.1, -0.05) is 12.1 Å². The van der Waals surface area contributed by atoms with Gasteiger partial charge in [0.2, 0.25) is 0 Å². The number of imidazole rings is 1. The highest BCUT2D eigenvalue weighted by Crippen LogP contribution is 2.24. The predicted octanol–water partition coefficient (Wildman–Crippen LogP) is 3.01. The fourth-order valence-electron chi connectivity index (χ4n) is 4.00. The maximum atomic E-state index is 13.0. The average molecular weight is 374 g/mol. The highest BCUT2D eigenvalue weighted by molar-refractivity contribution is 5.99. The van der Waals surface area contributed by atoms with Crippen molar-refractivity contribution in [1.29, 1.82) is 0 Å². The first kappa shape index (κ1) is 16.9. The summed E-state index contributed by atoms with van der Waals surface area (Å²) in [6, 6.07) is 10.00. The van der Waals surface area contributed by atoms with Gasteiger partial charge in [0.15, 0.2) is 5.65 Å². The Morgan fingerprint density at radius 2 is 2.00 bits per heavy atom. The Kier molecular flexibility index (Phi) is 4.07. The monoisotopic (exact) mass is 374 g/mol. The summed E-state index contributed by atoms with van der Waals surface area (Å²) >= 11 is 0. The maximum Gasteiger partial charge on any atom is 0.259 e. The zero-order valence-corrected chi connectivity index (χ0v) is 15.8. The summed E-state index contributed by atoms with van der Waals surface area (Å²) in [5.74, 6) is 1.59. The molecule has 4 aromatic rings. The van der Waals surface area contributed by atoms with Gasteiger partial charge in [-0.2, -0.15) is 5.10 Å². The van der Waals surface area contributed by atoms with E-state index in [1.165, 1.54) is 0 Å². The van der Waals surface area contributed by atoms with Crippen molar-refractivity contribution in [2.24, 2.45) is 5.92 Å². The van der Waals surface area contributed by atoms with Crippen molar-refractivity contribution in [3.63, 3.8) is 0 Å². The van der Waals surface area contributed by atoms with Crippen LogP contribution in [-0.2, 0) is 6.42 Å². The standard InChI is InChI=1S/C21H22N6O/c1-14-6-11-27-20(23-14)16(13-22-27)21(28)26-9-7-15(8-10-26)12-19-24-17-4-2-3-5-18(17)25-19/h2-6,11,13,15H,7-10,12H2,1H3,(H,24,25). The Labute approximate surface area is 162 Å². The van der Waals surface area contributed by atoms with Crippen LogP contribution in [0, 0.1) is 12.8 Å². The molecule has 0 atom stereocenters. The van der Waals surface area contributed by atoms with Gasteiger partial charge in [-0.25, -0.2) is 14.5 Å². The Balaban J connectivity index is 1.26. The lowest BCUT2D eigenvalue weighted by molar-refractivity contribution is 0.0691. The molecule has 5 rings (SSSR count). The first-order chi connectivity index (χ1) is 13.7. The van der Waals surface area contributed by atoms with Gasteiger partial charge >= 0.3 is 0 Å². The molecule has 3 aromatic heterocycles. The highest BCUT2D eigenvalue weighted by Gasteiger charge is 2.26. The molecule has 0 radical (unpaired) electrons. The zero-order valence-electron chi connectivity index (χ0n) is 15.8. The highest BCUT2D eigenvalue weighted by atomic mass is 16.2. The van der Waals surface area contributed by atoms with Crippen LogP contribution >= 0.6 is 0 Å². The first-order valence-electron chi connectivity index (χ1n) is 9.71. The molecule has 28 heavy (non-hydrogen) atoms. The molecule has 0 saturated carbocycles. The number of aromatic amines is 1. The number of likely N-dealkylation sites (tertiary alicyclic amines) is 1. The lowest BCUT2D eigenvalue weighted by Gasteiger charge is -2.31. The fraction of sp³-hybridized carbons (Fsp3) is 0.333. The van der Waals surface area contributed by atoms with Crippen molar-refractivity contribution >= 4 is 22.6 Å². The number of aryl methyl sites for hydroxylation is 1. The number of hydrogen-bond acceptors (Lipinski definition) is 4. The minimum atomic E-state index is 0.0234. The van der Waals surface area contributed by atoms with Crippen LogP contribution in [0.25, 0.3) is 16.7 Å². The Hall–Kier alpha value is -3.22. The minimum Gasteiger partial charge on any atom is -0.342 e. The molecule has 0 unspecified atom stereocenters. The van der Waals surface area contributed by atoms with Gasteiger partial charge in [0, 0.05) is 31.4 Å². The maximum absolute atomic E-state index is 13.0. The molecule has 0 aliphatic carbocycles. The second kappa shape index (κ2) is 6.74. The molecule has 1 fully saturated rings. The number of nitrogens with one attached hydrogen (secondary N) is 1. The summed E-state index contributed by atoms with van der Waals surface area (Å²) in [5, 5.41) is 4.26. The molecule has 1 N–H and O–H groups in total. The number of fused-ring (bicyclic) bond motifs is 2. The predicted molar refractivity (Wildman–Crippen MR) is 106 cm³/mol. The fourth-order valence-corrected chi connectivity index (χ4v) is 4.00. The van der Waals surface area contributed by atoms with Gasteiger partial charge in [-0.05, 0) is 43.9 Å². The molecule has 0 spiro atoms. The lowest BCUT2D eigenvalue weighted by Crippen LogP contribution is -2.39. The van der Waals surface area contributed by atoms with Crippen LogP contribution in [0.4, 0.5) is 0 Å². The van der Waals surface area contributed by atoms with Crippen molar-refractivity contribution in [2.75, 3.05) is 13.1 Å². The van der Waals surface area contributed by atoms with Gasteiger partial charge in [-0.15, -0.1) is 0 Å². The summed E-state index contributed by atoms with van der Waals surface area (Å²) in [7, 11) is 0. The Morgan fingerprint density at radius 3 is 2.82 bits per heavy atom. The molecule has 0 bridgehead atoms. The molecule has 1 amide bonds. The summed E-state index contributed by atoms with van der Waals surface area (Å²) in [4.78, 5) is 27.5. The summed E-state index contributed by atoms with van der Waals surface area (Å²) < 4.78 is 1.66. The van der Waals surface area contributed by atoms with Gasteiger partial charge in [-0.3, -0.25) is 4.79 Å². The number of benzene rings is 1. The third-order valence-corrected chi connectivity index (χ3v) is 5.56. The summed E-state index contributed by atoms with van der Waals surface area (Å²) in [6.45, 7) is 3.44. The molecular weight excluding hydrogens is 352 g/mol. The van der Waals surface area contributed by atoms with Crippen LogP contribution in [0.5, 0.6) is 0 Å². The zero-order chi connectivity index (χ0) is 19.1. The Morgan fingerprint density at radius 1 is 1.18 bits per heavy atom. The van der Waals surface area contributed by atoms with Crippen LogP contribution in [0.15, 0.2) is 42.7 Å². The first-order valence-corrected chi connectivity index (χ1v) is 9.71. The van der Waals surface area contributed by atoms with Crippen molar-refractivity contribution in [3.8, 4) is 0 Å². The number of carbonyl (C=O) groups excluding carboxylic acids is 1. The SMILES string of the molecule is Cc1ccn2ncc(C(=O)N3CCC(Cc4nc5ccccc5[nH]4)CC3)c2n1. The molecule has 1 aliphatic rings. The van der Waals surface area contributed by atoms with E-state index in [-0.39, 0.29) is 5.91 Å². The van der Waals surface area contributed by atoms with Gasteiger partial charge < -0.3 is 9.88 Å². The summed E-state index contributed by atoms with van der Waals surface area (Å²) in [5.41, 5.74) is 4.20. The molecule has 7 heteroatoms. The lowest BCUT2D eigenvalue weighted by atomic mass is 9.93. The third-order valence-electron chi connectivity index (χ3n) is 5.56. The van der Waals surface area contributed by atoms with Crippen LogP contribution in [0.1, 0.15) is 34.7 Å². The smallest absolute Gasteiger partial charge is 0.259 e. The van der Waals surface area contributed by atoms with E-state index in [1.807, 2.05) is 42.3 Å². The average Bonchev–Trinajstić information content (AvgIpc) is 3.31. The van der Waals surface area contributed by atoms with Gasteiger partial charge in [0.1, 0.15) is 11.4 Å². The normalized spacial score (nSPS) is 15.5. The quantitative estimate of drug-likeness (QED) is 0.598. The minimum absolute atomic E-state index is 0.0234. The molecule has 1 aliphatic heterocycles. The molecule has 4 heterocycles. The van der Waals surface area contributed by atoms with Gasteiger partial charge in [0.05, 0.1) is 17.2 Å². The van der Waals surface area contributed by atoms with E-state index in [2.05, 4.69) is 26.1 Å². The van der Waals surface area contributed by atoms with Crippen LogP contribution < -0.4 is 0 Å². The van der Waals surface area contributed by atoms with Crippen molar-refractivity contribution in [1.82, 2.24) is 29.5 Å². The molecule has 7 nitrogen and oxygen atoms in total. The number of aromatic nitrogens is 5. The number of rotatable bonds is 3. The molecule has 1 saturated heterocycles. The molecule has 142 valence electrons. The Bertz CT molecular complexity index is 1120. The molecule has 1 aromatic carbocycles. The number of nitrogens with zero attached hydrogens (tertiary/aromatic N) is 5. The van der Waals surface area contributed by atoms with E-state index >= 15 is 0 Å². The number of amides is 1. The van der Waals surface area contributed by atoms with E-state index in [0.717, 1.165) is 54.9 Å². The van der Waals surface area contributed by atoms with E-state index in [9.17, 15) is 4.79 Å². The topological polar surface area (TPSA) is 79.2 Å². The van der Waals surface area contributed by atoms with Crippen LogP contribution in [0.3, 0.4) is 0 Å². The number of piperidine rings is 1. The van der Waals surface area contributed by atoms with Gasteiger partial charge in [0.25, 0.3) is 5.91 Å². The number of carbonyl (C=O) groups is 1. The molecular formula is C21H22N6O. The summed E-state index contributed by atoms with van der Waals surface area (Å²) in [6.07, 6.45) is 6.36. The van der Waals surface area contributed by atoms with Crippen LogP contribution in [0.2, 0.25) is 0 Å². The second-order valence-electron chi connectivity index (χ2n) is 7.54. The number of hydrogen-bond donors (Lipinski definition) is 1. The second-order valence-corrected chi connectivity index (χ2v) is 7.54. The van der Waals surface area contributed by atoms with E-state index in [4.69, 9.17) is 0 Å². The number of para-hydroxylation sites is 2. The van der Waals surface area contributed by atoms with Crippen molar-refractivity contribution < 1.29 is 4.79 Å². The largest absolute Gasteiger partial charge is 0.342 e. The van der Waals surface area contributed by atoms with E-state index in [1.54, 1.807) is 10.7 Å². The number of H-pyrrole nitrogens is 1. The van der Waals surface area contributed by atoms with Crippen molar-refractivity contribution in [3.05, 3.63) is 59.8 Å². The van der Waals surface area contributed by atoms with Crippen LogP contribution in [-0.4, -0.2) is 48.5 Å².